The molecule has 1 aromatic carbocycles. The van der Waals surface area contributed by atoms with E-state index in [1.165, 1.54) is 5.56 Å². The topological polar surface area (TPSA) is 46.6 Å². The lowest BCUT2D eigenvalue weighted by Gasteiger charge is -2.41. The van der Waals surface area contributed by atoms with E-state index in [9.17, 15) is 9.59 Å². The highest BCUT2D eigenvalue weighted by Crippen LogP contribution is 2.28. The normalized spacial score (nSPS) is 20.7. The van der Waals surface area contributed by atoms with Crippen LogP contribution in [0.4, 0.5) is 4.79 Å². The van der Waals surface area contributed by atoms with Gasteiger partial charge in [-0.05, 0) is 58.9 Å². The third-order valence-electron chi connectivity index (χ3n) is 4.87. The van der Waals surface area contributed by atoms with Crippen molar-refractivity contribution in [3.05, 3.63) is 35.4 Å². The Bertz CT molecular complexity index is 615. The summed E-state index contributed by atoms with van der Waals surface area (Å²) >= 11 is 0. The lowest BCUT2D eigenvalue weighted by atomic mass is 9.91. The molecule has 1 aromatic rings. The highest BCUT2D eigenvalue weighted by atomic mass is 16.6. The summed E-state index contributed by atoms with van der Waals surface area (Å²) in [5, 5.41) is 0. The van der Waals surface area contributed by atoms with E-state index in [2.05, 4.69) is 6.92 Å². The van der Waals surface area contributed by atoms with Crippen LogP contribution in [0.1, 0.15) is 82.6 Å². The first kappa shape index (κ1) is 20.5. The fourth-order valence-corrected chi connectivity index (χ4v) is 3.61. The summed E-state index contributed by atoms with van der Waals surface area (Å²) in [6.07, 6.45) is 5.02. The number of likely N-dealkylation sites (tertiary alicyclic amines) is 1. The molecule has 1 heterocycles. The summed E-state index contributed by atoms with van der Waals surface area (Å²) in [4.78, 5) is 27.2. The SMILES string of the molecule is CCCc1ccc(C(=O)CC2CCCC(C)N2C(=O)OC(C)(C)C)cc1. The van der Waals surface area contributed by atoms with Crippen molar-refractivity contribution in [2.24, 2.45) is 0 Å². The number of hydrogen-bond acceptors (Lipinski definition) is 3. The molecule has 1 fully saturated rings. The number of carbonyl (C=O) groups is 2. The zero-order valence-corrected chi connectivity index (χ0v) is 16.9. The van der Waals surface area contributed by atoms with Crippen LogP contribution in [-0.2, 0) is 11.2 Å². The summed E-state index contributed by atoms with van der Waals surface area (Å²) < 4.78 is 5.58. The van der Waals surface area contributed by atoms with E-state index in [-0.39, 0.29) is 24.0 Å². The van der Waals surface area contributed by atoms with Gasteiger partial charge in [-0.25, -0.2) is 4.79 Å². The first-order chi connectivity index (χ1) is 12.2. The van der Waals surface area contributed by atoms with Gasteiger partial charge in [-0.2, -0.15) is 0 Å². The first-order valence-corrected chi connectivity index (χ1v) is 9.84. The van der Waals surface area contributed by atoms with Crippen LogP contribution in [0.3, 0.4) is 0 Å². The van der Waals surface area contributed by atoms with E-state index in [0.717, 1.165) is 37.7 Å². The minimum absolute atomic E-state index is 0.0866. The largest absolute Gasteiger partial charge is 0.444 e. The molecule has 2 rings (SSSR count). The highest BCUT2D eigenvalue weighted by Gasteiger charge is 2.35. The fraction of sp³-hybridized carbons (Fsp3) is 0.636. The summed E-state index contributed by atoms with van der Waals surface area (Å²) in [6, 6.07) is 7.91. The number of Topliss-reactive ketones (excluding diaryl/α,β-unsaturated/α-hetero) is 1. The van der Waals surface area contributed by atoms with Gasteiger partial charge in [-0.3, -0.25) is 4.79 Å². The van der Waals surface area contributed by atoms with Crippen molar-refractivity contribution in [1.82, 2.24) is 4.90 Å². The molecule has 0 N–H and O–H groups in total. The van der Waals surface area contributed by atoms with Crippen molar-refractivity contribution in [3.8, 4) is 0 Å². The molecule has 1 aliphatic heterocycles. The summed E-state index contributed by atoms with van der Waals surface area (Å²) in [7, 11) is 0. The van der Waals surface area contributed by atoms with Crippen LogP contribution >= 0.6 is 0 Å². The molecule has 0 radical (unpaired) electrons. The Morgan fingerprint density at radius 1 is 1.15 bits per heavy atom. The van der Waals surface area contributed by atoms with Crippen molar-refractivity contribution in [3.63, 3.8) is 0 Å². The molecule has 144 valence electrons. The molecular weight excluding hydrogens is 326 g/mol. The highest BCUT2D eigenvalue weighted by molar-refractivity contribution is 5.96. The smallest absolute Gasteiger partial charge is 0.410 e. The van der Waals surface area contributed by atoms with Crippen LogP contribution in [0, 0.1) is 0 Å². The van der Waals surface area contributed by atoms with Crippen LogP contribution < -0.4 is 0 Å². The lowest BCUT2D eigenvalue weighted by molar-refractivity contribution is -0.00305. The Kier molecular flexibility index (Phi) is 6.85. The average molecular weight is 360 g/mol. The van der Waals surface area contributed by atoms with E-state index in [1.54, 1.807) is 4.90 Å². The molecule has 1 amide bonds. The molecule has 4 nitrogen and oxygen atoms in total. The maximum absolute atomic E-state index is 12.8. The molecule has 1 saturated heterocycles. The van der Waals surface area contributed by atoms with E-state index < -0.39 is 5.60 Å². The van der Waals surface area contributed by atoms with E-state index in [1.807, 2.05) is 52.0 Å². The predicted molar refractivity (Wildman–Crippen MR) is 105 cm³/mol. The van der Waals surface area contributed by atoms with E-state index >= 15 is 0 Å². The number of carbonyl (C=O) groups excluding carboxylic acids is 2. The third-order valence-corrected chi connectivity index (χ3v) is 4.87. The number of hydrogen-bond donors (Lipinski definition) is 0. The van der Waals surface area contributed by atoms with Gasteiger partial charge in [0.15, 0.2) is 5.78 Å². The Hall–Kier alpha value is -1.84. The lowest BCUT2D eigenvalue weighted by Crippen LogP contribution is -2.51. The second-order valence-electron chi connectivity index (χ2n) is 8.40. The molecule has 0 aliphatic carbocycles. The monoisotopic (exact) mass is 359 g/mol. The quantitative estimate of drug-likeness (QED) is 0.662. The van der Waals surface area contributed by atoms with Crippen LogP contribution in [-0.4, -0.2) is 34.5 Å². The number of benzene rings is 1. The molecule has 0 aromatic heterocycles. The molecule has 2 unspecified atom stereocenters. The maximum Gasteiger partial charge on any atom is 0.410 e. The second kappa shape index (κ2) is 8.70. The summed E-state index contributed by atoms with van der Waals surface area (Å²) in [5.74, 6) is 0.0979. The average Bonchev–Trinajstić information content (AvgIpc) is 2.54. The Balaban J connectivity index is 2.08. The number of piperidine rings is 1. The van der Waals surface area contributed by atoms with Gasteiger partial charge in [0.2, 0.25) is 0 Å². The summed E-state index contributed by atoms with van der Waals surface area (Å²) in [6.45, 7) is 9.81. The van der Waals surface area contributed by atoms with Crippen LogP contribution in [0.15, 0.2) is 24.3 Å². The van der Waals surface area contributed by atoms with Gasteiger partial charge in [0, 0.05) is 24.1 Å². The number of nitrogens with zero attached hydrogens (tertiary/aromatic N) is 1. The molecular formula is C22H33NO3. The molecule has 0 spiro atoms. The number of amides is 1. The molecule has 2 atom stereocenters. The van der Waals surface area contributed by atoms with E-state index in [0.29, 0.717) is 6.42 Å². The second-order valence-corrected chi connectivity index (χ2v) is 8.40. The maximum atomic E-state index is 12.8. The number of ether oxygens (including phenoxy) is 1. The molecule has 0 bridgehead atoms. The Labute approximate surface area is 157 Å². The zero-order chi connectivity index (χ0) is 19.3. The number of ketones is 1. The number of rotatable bonds is 5. The summed E-state index contributed by atoms with van der Waals surface area (Å²) in [5.41, 5.74) is 1.45. The Morgan fingerprint density at radius 3 is 2.38 bits per heavy atom. The van der Waals surface area contributed by atoms with Gasteiger partial charge in [-0.1, -0.05) is 37.6 Å². The van der Waals surface area contributed by atoms with Gasteiger partial charge >= 0.3 is 6.09 Å². The Morgan fingerprint density at radius 2 is 1.81 bits per heavy atom. The molecule has 0 saturated carbocycles. The molecule has 4 heteroatoms. The van der Waals surface area contributed by atoms with Gasteiger partial charge in [0.1, 0.15) is 5.60 Å². The van der Waals surface area contributed by atoms with Crippen molar-refractivity contribution in [2.75, 3.05) is 0 Å². The van der Waals surface area contributed by atoms with Crippen molar-refractivity contribution >= 4 is 11.9 Å². The molecule has 26 heavy (non-hydrogen) atoms. The minimum atomic E-state index is -0.530. The minimum Gasteiger partial charge on any atom is -0.444 e. The van der Waals surface area contributed by atoms with Crippen LogP contribution in [0.5, 0.6) is 0 Å². The van der Waals surface area contributed by atoms with Gasteiger partial charge in [0.05, 0.1) is 0 Å². The third kappa shape index (κ3) is 5.58. The van der Waals surface area contributed by atoms with Crippen LogP contribution in [0.2, 0.25) is 0 Å². The first-order valence-electron chi connectivity index (χ1n) is 9.84. The van der Waals surface area contributed by atoms with Crippen LogP contribution in [0.25, 0.3) is 0 Å². The van der Waals surface area contributed by atoms with Crippen molar-refractivity contribution < 1.29 is 14.3 Å². The zero-order valence-electron chi connectivity index (χ0n) is 16.9. The van der Waals surface area contributed by atoms with Gasteiger partial charge in [0.25, 0.3) is 0 Å². The van der Waals surface area contributed by atoms with E-state index in [4.69, 9.17) is 4.74 Å². The van der Waals surface area contributed by atoms with Gasteiger partial charge < -0.3 is 9.64 Å². The van der Waals surface area contributed by atoms with Crippen molar-refractivity contribution in [2.45, 2.75) is 90.8 Å². The predicted octanol–water partition coefficient (Wildman–Crippen LogP) is 5.39. The van der Waals surface area contributed by atoms with Crippen molar-refractivity contribution in [1.29, 1.82) is 0 Å². The fourth-order valence-electron chi connectivity index (χ4n) is 3.61. The standard InChI is InChI=1S/C22H33NO3/c1-6-8-17-11-13-18(14-12-17)20(24)15-19-10-7-9-16(2)23(19)21(25)26-22(3,4)5/h11-14,16,19H,6-10,15H2,1-5H3. The number of aryl methyl sites for hydroxylation is 1. The molecule has 1 aliphatic rings. The van der Waals surface area contributed by atoms with Gasteiger partial charge in [-0.15, -0.1) is 0 Å².